The van der Waals surface area contributed by atoms with Gasteiger partial charge in [-0.25, -0.2) is 0 Å². The smallest absolute Gasteiger partial charge is 0.234 e. The van der Waals surface area contributed by atoms with Crippen molar-refractivity contribution in [2.24, 2.45) is 0 Å². The van der Waals surface area contributed by atoms with Crippen LogP contribution in [-0.2, 0) is 11.3 Å². The number of hydrogen-bond acceptors (Lipinski definition) is 4. The first-order chi connectivity index (χ1) is 14.5. The van der Waals surface area contributed by atoms with E-state index < -0.39 is 0 Å². The third-order valence-corrected chi connectivity index (χ3v) is 6.80. The van der Waals surface area contributed by atoms with Crippen molar-refractivity contribution in [3.05, 3.63) is 68.9 Å². The zero-order chi connectivity index (χ0) is 21.3. The molecule has 0 bridgehead atoms. The Bertz CT molecular complexity index is 1070. The van der Waals surface area contributed by atoms with Gasteiger partial charge in [0.25, 0.3) is 0 Å². The van der Waals surface area contributed by atoms with E-state index in [1.807, 2.05) is 12.1 Å². The average molecular weight is 482 g/mol. The number of hydrogen-bond donors (Lipinski definition) is 1. The number of aromatic nitrogens is 3. The third kappa shape index (κ3) is 4.78. The van der Waals surface area contributed by atoms with E-state index in [9.17, 15) is 4.79 Å². The molecule has 5 nitrogen and oxygen atoms in total. The summed E-state index contributed by atoms with van der Waals surface area (Å²) in [7, 11) is 0. The van der Waals surface area contributed by atoms with Crippen LogP contribution in [0.5, 0.6) is 0 Å². The van der Waals surface area contributed by atoms with Crippen molar-refractivity contribution in [2.45, 2.75) is 36.9 Å². The normalized spacial score (nSPS) is 17.7. The second-order valence-electron chi connectivity index (χ2n) is 7.05. The second kappa shape index (κ2) is 9.18. The lowest BCUT2D eigenvalue weighted by Crippen LogP contribution is -2.15. The molecule has 0 saturated heterocycles. The van der Waals surface area contributed by atoms with Crippen molar-refractivity contribution in [3.63, 3.8) is 0 Å². The monoisotopic (exact) mass is 480 g/mol. The van der Waals surface area contributed by atoms with Crippen molar-refractivity contribution in [2.75, 3.05) is 11.1 Å². The Morgan fingerprint density at radius 1 is 1.10 bits per heavy atom. The molecule has 2 aromatic carbocycles. The van der Waals surface area contributed by atoms with Gasteiger partial charge in [0.1, 0.15) is 5.82 Å². The topological polar surface area (TPSA) is 59.8 Å². The third-order valence-electron chi connectivity index (χ3n) is 5.02. The SMILES string of the molecule is CCn1c(SCC(=O)Nc2cc(Cl)ccc2Cl)nnc1[C@H]1C[C@H]1c1ccc(Cl)cc1. The van der Waals surface area contributed by atoms with Crippen molar-refractivity contribution < 1.29 is 4.79 Å². The number of carbonyl (C=O) groups excluding carboxylic acids is 1. The van der Waals surface area contributed by atoms with E-state index in [2.05, 4.69) is 39.1 Å². The van der Waals surface area contributed by atoms with E-state index in [1.165, 1.54) is 17.3 Å². The Kier molecular flexibility index (Phi) is 6.58. The average Bonchev–Trinajstić information content (AvgIpc) is 3.41. The van der Waals surface area contributed by atoms with E-state index in [0.717, 1.165) is 29.0 Å². The Balaban J connectivity index is 1.40. The van der Waals surface area contributed by atoms with Crippen LogP contribution in [0.3, 0.4) is 0 Å². The Morgan fingerprint density at radius 3 is 2.57 bits per heavy atom. The van der Waals surface area contributed by atoms with Crippen LogP contribution in [0.4, 0.5) is 5.69 Å². The van der Waals surface area contributed by atoms with Crippen LogP contribution >= 0.6 is 46.6 Å². The number of amides is 1. The number of benzene rings is 2. The Hall–Kier alpha value is -1.73. The number of anilines is 1. The maximum atomic E-state index is 12.4. The molecule has 1 aromatic heterocycles. The Labute approximate surface area is 194 Å². The minimum absolute atomic E-state index is 0.179. The van der Waals surface area contributed by atoms with Crippen molar-refractivity contribution in [1.82, 2.24) is 14.8 Å². The highest BCUT2D eigenvalue weighted by molar-refractivity contribution is 7.99. The summed E-state index contributed by atoms with van der Waals surface area (Å²) in [5.74, 6) is 1.77. The molecule has 1 aliphatic carbocycles. The molecule has 1 saturated carbocycles. The minimum Gasteiger partial charge on any atom is -0.324 e. The summed E-state index contributed by atoms with van der Waals surface area (Å²) < 4.78 is 2.09. The fourth-order valence-electron chi connectivity index (χ4n) is 3.45. The molecule has 4 rings (SSSR count). The molecule has 1 heterocycles. The van der Waals surface area contributed by atoms with Crippen LogP contribution in [0.25, 0.3) is 0 Å². The maximum Gasteiger partial charge on any atom is 0.234 e. The molecule has 30 heavy (non-hydrogen) atoms. The molecule has 3 aromatic rings. The number of nitrogens with one attached hydrogen (secondary N) is 1. The standard InChI is InChI=1S/C21H19Cl3N4OS/c1-2-28-20(16-10-15(16)12-3-5-13(22)6-4-12)26-27-21(28)30-11-19(29)25-18-9-14(23)7-8-17(18)24/h3-9,15-16H,2,10-11H2,1H3,(H,25,29)/t15-,16-/m0/s1. The molecule has 1 aliphatic rings. The highest BCUT2D eigenvalue weighted by Gasteiger charge is 2.43. The lowest BCUT2D eigenvalue weighted by atomic mass is 10.1. The predicted molar refractivity (Wildman–Crippen MR) is 123 cm³/mol. The number of thioether (sulfide) groups is 1. The second-order valence-corrected chi connectivity index (χ2v) is 9.27. The summed E-state index contributed by atoms with van der Waals surface area (Å²) >= 11 is 19.4. The van der Waals surface area contributed by atoms with Crippen molar-refractivity contribution >= 4 is 58.2 Å². The lowest BCUT2D eigenvalue weighted by molar-refractivity contribution is -0.113. The van der Waals surface area contributed by atoms with E-state index in [4.69, 9.17) is 34.8 Å². The summed E-state index contributed by atoms with van der Waals surface area (Å²) in [5, 5.41) is 14.0. The molecule has 9 heteroatoms. The zero-order valence-electron chi connectivity index (χ0n) is 16.1. The van der Waals surface area contributed by atoms with E-state index in [0.29, 0.717) is 27.6 Å². The zero-order valence-corrected chi connectivity index (χ0v) is 19.2. The largest absolute Gasteiger partial charge is 0.324 e. The molecular formula is C21H19Cl3N4OS. The van der Waals surface area contributed by atoms with Gasteiger partial charge in [-0.3, -0.25) is 4.79 Å². The molecule has 156 valence electrons. The number of nitrogens with zero attached hydrogens (tertiary/aromatic N) is 3. The first-order valence-electron chi connectivity index (χ1n) is 9.52. The molecule has 0 spiro atoms. The van der Waals surface area contributed by atoms with E-state index in [-0.39, 0.29) is 11.7 Å². The van der Waals surface area contributed by atoms with Crippen LogP contribution < -0.4 is 5.32 Å². The highest BCUT2D eigenvalue weighted by atomic mass is 35.5. The van der Waals surface area contributed by atoms with Crippen LogP contribution in [0, 0.1) is 0 Å². The van der Waals surface area contributed by atoms with Crippen LogP contribution in [0.2, 0.25) is 15.1 Å². The van der Waals surface area contributed by atoms with Gasteiger partial charge >= 0.3 is 0 Å². The van der Waals surface area contributed by atoms with Gasteiger partial charge in [-0.05, 0) is 55.2 Å². The van der Waals surface area contributed by atoms with Gasteiger partial charge in [-0.2, -0.15) is 0 Å². The van der Waals surface area contributed by atoms with E-state index >= 15 is 0 Å². The number of halogens is 3. The molecule has 1 fully saturated rings. The van der Waals surface area contributed by atoms with Crippen molar-refractivity contribution in [3.8, 4) is 0 Å². The number of rotatable bonds is 7. The van der Waals surface area contributed by atoms with E-state index in [1.54, 1.807) is 18.2 Å². The molecule has 1 N–H and O–H groups in total. The Morgan fingerprint density at radius 2 is 1.83 bits per heavy atom. The molecule has 1 amide bonds. The summed E-state index contributed by atoms with van der Waals surface area (Å²) in [6.07, 6.45) is 1.04. The number of carbonyl (C=O) groups is 1. The molecular weight excluding hydrogens is 463 g/mol. The molecule has 0 aliphatic heterocycles. The lowest BCUT2D eigenvalue weighted by Gasteiger charge is -2.09. The molecule has 2 atom stereocenters. The maximum absolute atomic E-state index is 12.4. The van der Waals surface area contributed by atoms with Crippen LogP contribution in [0.15, 0.2) is 47.6 Å². The fraction of sp³-hybridized carbons (Fsp3) is 0.286. The summed E-state index contributed by atoms with van der Waals surface area (Å²) in [6.45, 7) is 2.80. The minimum atomic E-state index is -0.179. The summed E-state index contributed by atoms with van der Waals surface area (Å²) in [4.78, 5) is 12.4. The van der Waals surface area contributed by atoms with Gasteiger partial charge < -0.3 is 9.88 Å². The summed E-state index contributed by atoms with van der Waals surface area (Å²) in [6, 6.07) is 12.9. The van der Waals surface area contributed by atoms with Gasteiger partial charge in [0.05, 0.1) is 16.5 Å². The fourth-order valence-corrected chi connectivity index (χ4v) is 4.72. The summed E-state index contributed by atoms with van der Waals surface area (Å²) in [5.41, 5.74) is 1.76. The van der Waals surface area contributed by atoms with Gasteiger partial charge in [-0.1, -0.05) is 58.7 Å². The van der Waals surface area contributed by atoms with Gasteiger partial charge in [0, 0.05) is 22.5 Å². The molecule has 0 radical (unpaired) electrons. The quantitative estimate of drug-likeness (QED) is 0.405. The van der Waals surface area contributed by atoms with Gasteiger partial charge in [-0.15, -0.1) is 10.2 Å². The predicted octanol–water partition coefficient (Wildman–Crippen LogP) is 6.26. The van der Waals surface area contributed by atoms with Crippen molar-refractivity contribution in [1.29, 1.82) is 0 Å². The highest BCUT2D eigenvalue weighted by Crippen LogP contribution is 2.54. The van der Waals surface area contributed by atoms with Gasteiger partial charge in [0.15, 0.2) is 5.16 Å². The van der Waals surface area contributed by atoms with Crippen LogP contribution in [0.1, 0.15) is 36.6 Å². The first-order valence-corrected chi connectivity index (χ1v) is 11.6. The van der Waals surface area contributed by atoms with Gasteiger partial charge in [0.2, 0.25) is 5.91 Å². The van der Waals surface area contributed by atoms with Crippen LogP contribution in [-0.4, -0.2) is 26.4 Å². The molecule has 0 unspecified atom stereocenters. The first kappa shape index (κ1) is 21.5.